The van der Waals surface area contributed by atoms with Gasteiger partial charge in [-0.25, -0.2) is 4.79 Å². The molecular weight excluding hydrogens is 198 g/mol. The van der Waals surface area contributed by atoms with E-state index in [0.717, 1.165) is 26.2 Å². The van der Waals surface area contributed by atoms with E-state index in [1.807, 2.05) is 0 Å². The number of carbonyl (C=O) groups excluding carboxylic acids is 2. The Hall–Kier alpha value is -1.30. The zero-order valence-electron chi connectivity index (χ0n) is 9.28. The number of piperazine rings is 1. The molecule has 15 heavy (non-hydrogen) atoms. The normalized spacial score (nSPS) is 14.9. The largest absolute Gasteiger partial charge is 0.466 e. The number of nitrogens with zero attached hydrogens (tertiary/aromatic N) is 1. The van der Waals surface area contributed by atoms with Crippen LogP contribution < -0.4 is 11.1 Å². The van der Waals surface area contributed by atoms with E-state index in [-0.39, 0.29) is 12.0 Å². The van der Waals surface area contributed by atoms with Gasteiger partial charge >= 0.3 is 12.0 Å². The van der Waals surface area contributed by atoms with Gasteiger partial charge in [-0.3, -0.25) is 4.79 Å². The molecule has 0 atom stereocenters. The topological polar surface area (TPSA) is 84.7 Å². The Morgan fingerprint density at radius 2 is 1.93 bits per heavy atom. The van der Waals surface area contributed by atoms with Crippen molar-refractivity contribution in [1.29, 1.82) is 0 Å². The van der Waals surface area contributed by atoms with Crippen LogP contribution in [0.3, 0.4) is 0 Å². The minimum atomic E-state index is -0.309. The summed E-state index contributed by atoms with van der Waals surface area (Å²) in [4.78, 5) is 21.9. The molecule has 2 amide bonds. The average Bonchev–Trinajstić information content (AvgIpc) is 2.20. The summed E-state index contributed by atoms with van der Waals surface area (Å²) in [5.74, 6) is -0.211. The standard InChI is InChI=1S/C5H11N3O.C4H8O2/c6-5(9)8-3-1-7-2-4-8;1-3-6-4(2)5/h7H,1-4H2,(H2,6,9);3H2,1-2H3. The first-order valence-electron chi connectivity index (χ1n) is 4.96. The maximum atomic E-state index is 10.5. The predicted molar refractivity (Wildman–Crippen MR) is 56.3 cm³/mol. The Kier molecular flexibility index (Phi) is 7.35. The molecule has 1 aliphatic rings. The average molecular weight is 217 g/mol. The summed E-state index contributed by atoms with van der Waals surface area (Å²) < 4.78 is 4.40. The summed E-state index contributed by atoms with van der Waals surface area (Å²) in [6, 6.07) is -0.309. The van der Waals surface area contributed by atoms with E-state index in [1.165, 1.54) is 6.92 Å². The number of urea groups is 1. The van der Waals surface area contributed by atoms with Gasteiger partial charge < -0.3 is 20.7 Å². The Bertz CT molecular complexity index is 203. The zero-order chi connectivity index (χ0) is 11.7. The van der Waals surface area contributed by atoms with Crippen LogP contribution in [0.1, 0.15) is 13.8 Å². The van der Waals surface area contributed by atoms with Crippen LogP contribution in [-0.4, -0.2) is 49.7 Å². The molecule has 0 bridgehead atoms. The van der Waals surface area contributed by atoms with Crippen molar-refractivity contribution in [2.75, 3.05) is 32.8 Å². The molecule has 0 radical (unpaired) electrons. The molecule has 0 unspecified atom stereocenters. The number of amides is 2. The Morgan fingerprint density at radius 1 is 1.40 bits per heavy atom. The van der Waals surface area contributed by atoms with Crippen molar-refractivity contribution in [3.05, 3.63) is 0 Å². The molecule has 3 N–H and O–H groups in total. The fraction of sp³-hybridized carbons (Fsp3) is 0.778. The molecule has 0 aromatic carbocycles. The third kappa shape index (κ3) is 7.75. The first kappa shape index (κ1) is 13.7. The first-order chi connectivity index (χ1) is 7.07. The second-order valence-electron chi connectivity index (χ2n) is 3.00. The lowest BCUT2D eigenvalue weighted by Crippen LogP contribution is -2.48. The Labute approximate surface area is 89.7 Å². The van der Waals surface area contributed by atoms with Gasteiger partial charge in [0.05, 0.1) is 6.61 Å². The van der Waals surface area contributed by atoms with Gasteiger partial charge in [0, 0.05) is 33.1 Å². The van der Waals surface area contributed by atoms with Crippen LogP contribution in [-0.2, 0) is 9.53 Å². The molecule has 1 fully saturated rings. The third-order valence-corrected chi connectivity index (χ3v) is 1.78. The molecule has 1 heterocycles. The van der Waals surface area contributed by atoms with Gasteiger partial charge in [-0.15, -0.1) is 0 Å². The highest BCUT2D eigenvalue weighted by molar-refractivity contribution is 5.72. The molecule has 1 aliphatic heterocycles. The van der Waals surface area contributed by atoms with Crippen LogP contribution in [0.15, 0.2) is 0 Å². The Balaban J connectivity index is 0.000000288. The number of rotatable bonds is 1. The van der Waals surface area contributed by atoms with Gasteiger partial charge in [0.1, 0.15) is 0 Å². The third-order valence-electron chi connectivity index (χ3n) is 1.78. The van der Waals surface area contributed by atoms with E-state index in [4.69, 9.17) is 5.73 Å². The molecule has 6 heteroatoms. The zero-order valence-corrected chi connectivity index (χ0v) is 9.28. The number of nitrogens with one attached hydrogen (secondary N) is 1. The second-order valence-corrected chi connectivity index (χ2v) is 3.00. The predicted octanol–water partition coefficient (Wildman–Crippen LogP) is -0.460. The maximum absolute atomic E-state index is 10.5. The van der Waals surface area contributed by atoms with E-state index in [2.05, 4.69) is 10.1 Å². The molecule has 0 aromatic rings. The summed E-state index contributed by atoms with van der Waals surface area (Å²) >= 11 is 0. The number of hydrogen-bond acceptors (Lipinski definition) is 4. The van der Waals surface area contributed by atoms with Crippen LogP contribution in [0.2, 0.25) is 0 Å². The number of esters is 1. The molecular formula is C9H19N3O3. The summed E-state index contributed by atoms with van der Waals surface area (Å²) in [7, 11) is 0. The number of ether oxygens (including phenoxy) is 1. The number of hydrogen-bond donors (Lipinski definition) is 2. The summed E-state index contributed by atoms with van der Waals surface area (Å²) in [5, 5.41) is 3.12. The monoisotopic (exact) mass is 217 g/mol. The quantitative estimate of drug-likeness (QED) is 0.582. The van der Waals surface area contributed by atoms with Crippen LogP contribution in [0, 0.1) is 0 Å². The van der Waals surface area contributed by atoms with Gasteiger partial charge in [0.2, 0.25) is 0 Å². The maximum Gasteiger partial charge on any atom is 0.314 e. The highest BCUT2D eigenvalue weighted by atomic mass is 16.5. The van der Waals surface area contributed by atoms with Crippen molar-refractivity contribution < 1.29 is 14.3 Å². The van der Waals surface area contributed by atoms with E-state index < -0.39 is 0 Å². The molecule has 88 valence electrons. The van der Waals surface area contributed by atoms with Crippen molar-refractivity contribution >= 4 is 12.0 Å². The number of carbonyl (C=O) groups is 2. The highest BCUT2D eigenvalue weighted by Gasteiger charge is 2.11. The molecule has 0 spiro atoms. The minimum absolute atomic E-state index is 0.211. The van der Waals surface area contributed by atoms with Gasteiger partial charge in [0.15, 0.2) is 0 Å². The van der Waals surface area contributed by atoms with Gasteiger partial charge in [-0.05, 0) is 6.92 Å². The van der Waals surface area contributed by atoms with E-state index in [1.54, 1.807) is 11.8 Å². The molecule has 6 nitrogen and oxygen atoms in total. The van der Waals surface area contributed by atoms with Crippen molar-refractivity contribution in [1.82, 2.24) is 10.2 Å². The van der Waals surface area contributed by atoms with E-state index >= 15 is 0 Å². The number of nitrogens with two attached hydrogens (primary N) is 1. The van der Waals surface area contributed by atoms with E-state index in [9.17, 15) is 9.59 Å². The van der Waals surface area contributed by atoms with Gasteiger partial charge in [-0.1, -0.05) is 0 Å². The number of primary amides is 1. The minimum Gasteiger partial charge on any atom is -0.466 e. The van der Waals surface area contributed by atoms with Crippen molar-refractivity contribution in [2.24, 2.45) is 5.73 Å². The van der Waals surface area contributed by atoms with Crippen LogP contribution in [0.4, 0.5) is 4.79 Å². The van der Waals surface area contributed by atoms with Gasteiger partial charge in [-0.2, -0.15) is 0 Å². The lowest BCUT2D eigenvalue weighted by Gasteiger charge is -2.25. The smallest absolute Gasteiger partial charge is 0.314 e. The molecule has 1 rings (SSSR count). The van der Waals surface area contributed by atoms with Crippen LogP contribution in [0.5, 0.6) is 0 Å². The molecule has 1 saturated heterocycles. The summed E-state index contributed by atoms with van der Waals surface area (Å²) in [6.45, 7) is 6.87. The summed E-state index contributed by atoms with van der Waals surface area (Å²) in [5.41, 5.74) is 5.03. The molecule has 0 aromatic heterocycles. The first-order valence-corrected chi connectivity index (χ1v) is 4.96. The molecule has 0 aliphatic carbocycles. The SMILES string of the molecule is CCOC(C)=O.NC(=O)N1CCNCC1. The summed E-state index contributed by atoms with van der Waals surface area (Å²) in [6.07, 6.45) is 0. The van der Waals surface area contributed by atoms with Gasteiger partial charge in [0.25, 0.3) is 0 Å². The van der Waals surface area contributed by atoms with Crippen molar-refractivity contribution in [3.63, 3.8) is 0 Å². The lowest BCUT2D eigenvalue weighted by atomic mass is 10.4. The lowest BCUT2D eigenvalue weighted by molar-refractivity contribution is -0.140. The molecule has 0 saturated carbocycles. The van der Waals surface area contributed by atoms with Crippen LogP contribution in [0.25, 0.3) is 0 Å². The Morgan fingerprint density at radius 3 is 2.13 bits per heavy atom. The van der Waals surface area contributed by atoms with E-state index in [0.29, 0.717) is 6.61 Å². The fourth-order valence-electron chi connectivity index (χ4n) is 1.09. The highest BCUT2D eigenvalue weighted by Crippen LogP contribution is 1.89. The fourth-order valence-corrected chi connectivity index (χ4v) is 1.09. The van der Waals surface area contributed by atoms with Crippen LogP contribution >= 0.6 is 0 Å². The van der Waals surface area contributed by atoms with Crippen molar-refractivity contribution in [2.45, 2.75) is 13.8 Å². The van der Waals surface area contributed by atoms with Crippen molar-refractivity contribution in [3.8, 4) is 0 Å². The second kappa shape index (κ2) is 8.05.